The third kappa shape index (κ3) is 3.22. The number of likely N-dealkylation sites (tertiary alicyclic amines) is 1. The normalized spacial score (nSPS) is 20.4. The Labute approximate surface area is 143 Å². The molecular formula is C21H25NO2. The molecule has 1 amide bonds. The molecule has 2 aromatic carbocycles. The maximum atomic E-state index is 12.8. The van der Waals surface area contributed by atoms with Gasteiger partial charge >= 0.3 is 0 Å². The fourth-order valence-electron chi connectivity index (χ4n) is 3.60. The molecule has 3 nitrogen and oxygen atoms in total. The van der Waals surface area contributed by atoms with Crippen LogP contribution in [0.25, 0.3) is 0 Å². The van der Waals surface area contributed by atoms with Crippen molar-refractivity contribution in [1.82, 2.24) is 4.90 Å². The molecule has 1 atom stereocenters. The van der Waals surface area contributed by atoms with Crippen molar-refractivity contribution in [2.45, 2.75) is 32.1 Å². The van der Waals surface area contributed by atoms with Gasteiger partial charge in [-0.1, -0.05) is 54.1 Å². The van der Waals surface area contributed by atoms with E-state index in [1.54, 1.807) is 0 Å². The Balaban J connectivity index is 1.75. The highest BCUT2D eigenvalue weighted by atomic mass is 16.3. The summed E-state index contributed by atoms with van der Waals surface area (Å²) < 4.78 is 0. The molecule has 126 valence electrons. The van der Waals surface area contributed by atoms with Gasteiger partial charge in [-0.2, -0.15) is 0 Å². The molecule has 1 saturated heterocycles. The van der Waals surface area contributed by atoms with E-state index in [1.165, 1.54) is 5.56 Å². The summed E-state index contributed by atoms with van der Waals surface area (Å²) in [6, 6.07) is 16.3. The number of aryl methyl sites for hydroxylation is 2. The molecule has 1 unspecified atom stereocenters. The molecule has 0 aromatic heterocycles. The predicted octanol–water partition coefficient (Wildman–Crippen LogP) is 3.01. The second kappa shape index (κ2) is 6.78. The Hall–Kier alpha value is -2.13. The minimum Gasteiger partial charge on any atom is -0.395 e. The molecule has 0 saturated carbocycles. The number of amides is 1. The van der Waals surface area contributed by atoms with Crippen LogP contribution in [0.15, 0.2) is 48.5 Å². The minimum atomic E-state index is -0.321. The third-order valence-electron chi connectivity index (χ3n) is 5.24. The average Bonchev–Trinajstić information content (AvgIpc) is 3.05. The lowest BCUT2D eigenvalue weighted by molar-refractivity contribution is -0.129. The first-order valence-electron chi connectivity index (χ1n) is 8.54. The smallest absolute Gasteiger partial charge is 0.227 e. The van der Waals surface area contributed by atoms with Gasteiger partial charge in [0.05, 0.1) is 13.0 Å². The Morgan fingerprint density at radius 2 is 1.92 bits per heavy atom. The molecule has 0 aliphatic carbocycles. The van der Waals surface area contributed by atoms with Crippen LogP contribution in [0.4, 0.5) is 0 Å². The van der Waals surface area contributed by atoms with Crippen LogP contribution in [-0.2, 0) is 16.6 Å². The van der Waals surface area contributed by atoms with Crippen LogP contribution in [-0.4, -0.2) is 35.6 Å². The molecule has 2 aromatic rings. The van der Waals surface area contributed by atoms with Crippen LogP contribution in [0.2, 0.25) is 0 Å². The van der Waals surface area contributed by atoms with Crippen molar-refractivity contribution in [3.8, 4) is 0 Å². The summed E-state index contributed by atoms with van der Waals surface area (Å²) in [5, 5.41) is 10.0. The second-order valence-corrected chi connectivity index (χ2v) is 6.98. The van der Waals surface area contributed by atoms with Gasteiger partial charge in [-0.05, 0) is 37.0 Å². The first kappa shape index (κ1) is 16.7. The van der Waals surface area contributed by atoms with Crippen molar-refractivity contribution >= 4 is 5.91 Å². The number of carbonyl (C=O) groups is 1. The van der Waals surface area contributed by atoms with E-state index in [4.69, 9.17) is 0 Å². The maximum absolute atomic E-state index is 12.8. The SMILES string of the molecule is Cc1ccc(C)c(CC(=O)N2CCC(CO)(c3ccccc3)C2)c1. The lowest BCUT2D eigenvalue weighted by Gasteiger charge is -2.27. The van der Waals surface area contributed by atoms with Crippen molar-refractivity contribution in [2.24, 2.45) is 0 Å². The fraction of sp³-hybridized carbons (Fsp3) is 0.381. The van der Waals surface area contributed by atoms with Gasteiger partial charge in [0.25, 0.3) is 0 Å². The largest absolute Gasteiger partial charge is 0.395 e. The average molecular weight is 323 g/mol. The number of benzene rings is 2. The van der Waals surface area contributed by atoms with Crippen LogP contribution < -0.4 is 0 Å². The fourth-order valence-corrected chi connectivity index (χ4v) is 3.60. The van der Waals surface area contributed by atoms with Crippen LogP contribution in [0.1, 0.15) is 28.7 Å². The highest BCUT2D eigenvalue weighted by molar-refractivity contribution is 5.79. The van der Waals surface area contributed by atoms with Gasteiger partial charge in [-0.25, -0.2) is 0 Å². The van der Waals surface area contributed by atoms with Gasteiger partial charge in [0.2, 0.25) is 5.91 Å². The van der Waals surface area contributed by atoms with Crippen molar-refractivity contribution < 1.29 is 9.90 Å². The molecule has 0 radical (unpaired) electrons. The topological polar surface area (TPSA) is 40.5 Å². The summed E-state index contributed by atoms with van der Waals surface area (Å²) in [4.78, 5) is 14.7. The van der Waals surface area contributed by atoms with E-state index in [0.717, 1.165) is 23.1 Å². The number of aliphatic hydroxyl groups excluding tert-OH is 1. The van der Waals surface area contributed by atoms with Crippen molar-refractivity contribution in [3.05, 3.63) is 70.8 Å². The second-order valence-electron chi connectivity index (χ2n) is 6.98. The van der Waals surface area contributed by atoms with E-state index in [0.29, 0.717) is 19.5 Å². The van der Waals surface area contributed by atoms with E-state index < -0.39 is 0 Å². The number of hydrogen-bond donors (Lipinski definition) is 1. The van der Waals surface area contributed by atoms with Crippen LogP contribution >= 0.6 is 0 Å². The molecule has 3 heteroatoms. The zero-order chi connectivity index (χ0) is 17.2. The lowest BCUT2D eigenvalue weighted by Crippen LogP contribution is -2.37. The number of aliphatic hydroxyl groups is 1. The lowest BCUT2D eigenvalue weighted by atomic mass is 9.80. The summed E-state index contributed by atoms with van der Waals surface area (Å²) in [6.07, 6.45) is 1.25. The molecule has 24 heavy (non-hydrogen) atoms. The first-order chi connectivity index (χ1) is 11.5. The van der Waals surface area contributed by atoms with Crippen molar-refractivity contribution in [1.29, 1.82) is 0 Å². The number of rotatable bonds is 4. The minimum absolute atomic E-state index is 0.0737. The molecular weight excluding hydrogens is 298 g/mol. The van der Waals surface area contributed by atoms with E-state index in [2.05, 4.69) is 37.3 Å². The molecule has 1 heterocycles. The van der Waals surface area contributed by atoms with E-state index >= 15 is 0 Å². The first-order valence-corrected chi connectivity index (χ1v) is 8.54. The van der Waals surface area contributed by atoms with Crippen LogP contribution in [0.3, 0.4) is 0 Å². The van der Waals surface area contributed by atoms with E-state index in [9.17, 15) is 9.90 Å². The number of carbonyl (C=O) groups excluding carboxylic acids is 1. The zero-order valence-electron chi connectivity index (χ0n) is 14.5. The number of hydrogen-bond acceptors (Lipinski definition) is 2. The van der Waals surface area contributed by atoms with Gasteiger partial charge < -0.3 is 10.0 Å². The summed E-state index contributed by atoms with van der Waals surface area (Å²) in [5.41, 5.74) is 4.23. The third-order valence-corrected chi connectivity index (χ3v) is 5.24. The predicted molar refractivity (Wildman–Crippen MR) is 96.0 cm³/mol. The van der Waals surface area contributed by atoms with E-state index in [1.807, 2.05) is 30.0 Å². The van der Waals surface area contributed by atoms with Gasteiger partial charge in [-0.3, -0.25) is 4.79 Å². The quantitative estimate of drug-likeness (QED) is 0.939. The molecule has 1 aliphatic heterocycles. The monoisotopic (exact) mass is 323 g/mol. The highest BCUT2D eigenvalue weighted by Gasteiger charge is 2.40. The molecule has 3 rings (SSSR count). The van der Waals surface area contributed by atoms with Gasteiger partial charge in [0.1, 0.15) is 0 Å². The van der Waals surface area contributed by atoms with E-state index in [-0.39, 0.29) is 17.9 Å². The zero-order valence-corrected chi connectivity index (χ0v) is 14.5. The molecule has 0 spiro atoms. The Morgan fingerprint density at radius 3 is 2.62 bits per heavy atom. The highest BCUT2D eigenvalue weighted by Crippen LogP contribution is 2.34. The summed E-state index contributed by atoms with van der Waals surface area (Å²) in [5.74, 6) is 0.148. The maximum Gasteiger partial charge on any atom is 0.227 e. The summed E-state index contributed by atoms with van der Waals surface area (Å²) in [6.45, 7) is 5.48. The summed E-state index contributed by atoms with van der Waals surface area (Å²) in [7, 11) is 0. The Morgan fingerprint density at radius 1 is 1.17 bits per heavy atom. The number of nitrogens with zero attached hydrogens (tertiary/aromatic N) is 1. The Bertz CT molecular complexity index is 726. The Kier molecular flexibility index (Phi) is 4.72. The van der Waals surface area contributed by atoms with Crippen molar-refractivity contribution in [3.63, 3.8) is 0 Å². The summed E-state index contributed by atoms with van der Waals surface area (Å²) >= 11 is 0. The van der Waals surface area contributed by atoms with Crippen molar-refractivity contribution in [2.75, 3.05) is 19.7 Å². The standard InChI is InChI=1S/C21H25NO2/c1-16-8-9-17(2)18(12-16)13-20(24)22-11-10-21(14-22,15-23)19-6-4-3-5-7-19/h3-9,12,23H,10-11,13-15H2,1-2H3. The van der Waals surface area contributed by atoms with Crippen LogP contribution in [0, 0.1) is 13.8 Å². The molecule has 0 bridgehead atoms. The van der Waals surface area contributed by atoms with Gasteiger partial charge in [0.15, 0.2) is 0 Å². The van der Waals surface area contributed by atoms with Gasteiger partial charge in [-0.15, -0.1) is 0 Å². The molecule has 1 N–H and O–H groups in total. The molecule has 1 aliphatic rings. The van der Waals surface area contributed by atoms with Crippen LogP contribution in [0.5, 0.6) is 0 Å². The molecule has 1 fully saturated rings. The van der Waals surface area contributed by atoms with Gasteiger partial charge in [0, 0.05) is 18.5 Å².